The number of piperazine rings is 1. The summed E-state index contributed by atoms with van der Waals surface area (Å²) >= 11 is 12.1. The molecule has 1 N–H and O–H groups in total. The molecule has 4 rings (SSSR count). The van der Waals surface area contributed by atoms with Gasteiger partial charge in [-0.25, -0.2) is 8.42 Å². The van der Waals surface area contributed by atoms with Gasteiger partial charge in [0.1, 0.15) is 5.75 Å². The lowest BCUT2D eigenvalue weighted by molar-refractivity contribution is 0.102. The average molecular weight is 534 g/mol. The topological polar surface area (TPSA) is 79.0 Å². The van der Waals surface area contributed by atoms with Gasteiger partial charge in [0.2, 0.25) is 10.0 Å². The van der Waals surface area contributed by atoms with Crippen molar-refractivity contribution in [1.29, 1.82) is 0 Å². The molecule has 1 aliphatic heterocycles. The lowest BCUT2D eigenvalue weighted by atomic mass is 10.2. The van der Waals surface area contributed by atoms with Crippen LogP contribution >= 0.6 is 23.2 Å². The molecule has 0 atom stereocenters. The number of carbonyl (C=O) groups is 1. The summed E-state index contributed by atoms with van der Waals surface area (Å²) in [6.07, 6.45) is 0. The molecule has 1 heterocycles. The Morgan fingerprint density at radius 3 is 2.29 bits per heavy atom. The molecular formula is C25H25Cl2N3O4S. The minimum absolute atomic E-state index is 0.0820. The molecule has 35 heavy (non-hydrogen) atoms. The Labute approximate surface area is 215 Å². The minimum Gasteiger partial charge on any atom is -0.492 e. The maximum Gasteiger partial charge on any atom is 0.255 e. The van der Waals surface area contributed by atoms with Gasteiger partial charge < -0.3 is 15.0 Å². The highest BCUT2D eigenvalue weighted by atomic mass is 35.5. The van der Waals surface area contributed by atoms with Gasteiger partial charge in [-0.15, -0.1) is 0 Å². The van der Waals surface area contributed by atoms with E-state index in [1.54, 1.807) is 30.3 Å². The van der Waals surface area contributed by atoms with Crippen molar-refractivity contribution in [3.63, 3.8) is 0 Å². The number of amides is 1. The molecule has 0 saturated carbocycles. The first-order chi connectivity index (χ1) is 16.8. The van der Waals surface area contributed by atoms with E-state index in [0.29, 0.717) is 54.1 Å². The Kier molecular flexibility index (Phi) is 7.86. The standard InChI is InChI=1S/C25H25Cl2N3O4S/c1-2-34-24-10-9-22(17-23(24)28-25(31)18-5-3-6-19(26)15-18)35(32,33)30-13-11-29(12-14-30)21-8-4-7-20(27)16-21/h3-10,15-17H,2,11-14H2,1H3,(H,28,31). The van der Waals surface area contributed by atoms with Crippen LogP contribution < -0.4 is 15.0 Å². The number of anilines is 2. The fourth-order valence-corrected chi connectivity index (χ4v) is 5.71. The second kappa shape index (κ2) is 10.9. The number of ether oxygens (including phenoxy) is 1. The summed E-state index contributed by atoms with van der Waals surface area (Å²) in [6.45, 7) is 3.90. The molecule has 0 aliphatic carbocycles. The van der Waals surface area contributed by atoms with E-state index in [0.717, 1.165) is 5.69 Å². The van der Waals surface area contributed by atoms with E-state index in [1.165, 1.54) is 22.5 Å². The molecule has 1 fully saturated rings. The van der Waals surface area contributed by atoms with Crippen LogP contribution in [0.2, 0.25) is 10.0 Å². The average Bonchev–Trinajstić information content (AvgIpc) is 2.85. The summed E-state index contributed by atoms with van der Waals surface area (Å²) in [4.78, 5) is 15.0. The molecule has 1 saturated heterocycles. The second-order valence-corrected chi connectivity index (χ2v) is 10.7. The van der Waals surface area contributed by atoms with Crippen LogP contribution in [-0.4, -0.2) is 51.4 Å². The van der Waals surface area contributed by atoms with E-state index in [2.05, 4.69) is 10.2 Å². The van der Waals surface area contributed by atoms with Gasteiger partial charge in [-0.3, -0.25) is 4.79 Å². The van der Waals surface area contributed by atoms with Crippen molar-refractivity contribution in [2.24, 2.45) is 0 Å². The number of halogens is 2. The number of rotatable bonds is 7. The second-order valence-electron chi connectivity index (χ2n) is 7.93. The lowest BCUT2D eigenvalue weighted by Gasteiger charge is -2.35. The fourth-order valence-electron chi connectivity index (χ4n) is 3.88. The first-order valence-electron chi connectivity index (χ1n) is 11.1. The van der Waals surface area contributed by atoms with E-state index in [9.17, 15) is 13.2 Å². The van der Waals surface area contributed by atoms with Gasteiger partial charge in [0.05, 0.1) is 17.2 Å². The van der Waals surface area contributed by atoms with Crippen molar-refractivity contribution in [3.05, 3.63) is 82.3 Å². The van der Waals surface area contributed by atoms with Gasteiger partial charge in [-0.05, 0) is 61.5 Å². The monoisotopic (exact) mass is 533 g/mol. The minimum atomic E-state index is -3.78. The molecule has 1 amide bonds. The van der Waals surface area contributed by atoms with Crippen LogP contribution in [0.3, 0.4) is 0 Å². The zero-order valence-corrected chi connectivity index (χ0v) is 21.4. The third-order valence-electron chi connectivity index (χ3n) is 5.64. The predicted octanol–water partition coefficient (Wildman–Crippen LogP) is 5.16. The van der Waals surface area contributed by atoms with E-state index in [4.69, 9.17) is 27.9 Å². The van der Waals surface area contributed by atoms with Crippen molar-refractivity contribution in [3.8, 4) is 5.75 Å². The maximum atomic E-state index is 13.4. The lowest BCUT2D eigenvalue weighted by Crippen LogP contribution is -2.48. The Bertz CT molecular complexity index is 1330. The molecule has 3 aromatic carbocycles. The smallest absolute Gasteiger partial charge is 0.255 e. The van der Waals surface area contributed by atoms with Gasteiger partial charge in [0.25, 0.3) is 5.91 Å². The van der Waals surface area contributed by atoms with Crippen LogP contribution in [-0.2, 0) is 10.0 Å². The summed E-state index contributed by atoms with van der Waals surface area (Å²) in [5, 5.41) is 3.83. The van der Waals surface area contributed by atoms with Crippen molar-refractivity contribution in [2.45, 2.75) is 11.8 Å². The molecule has 3 aromatic rings. The summed E-state index contributed by atoms with van der Waals surface area (Å²) in [7, 11) is -3.78. The molecule has 0 spiro atoms. The highest BCUT2D eigenvalue weighted by molar-refractivity contribution is 7.89. The number of hydrogen-bond acceptors (Lipinski definition) is 5. The van der Waals surface area contributed by atoms with Crippen LogP contribution in [0.15, 0.2) is 71.6 Å². The molecule has 0 aromatic heterocycles. The van der Waals surface area contributed by atoms with Crippen LogP contribution in [0.5, 0.6) is 5.75 Å². The van der Waals surface area contributed by atoms with Crippen LogP contribution in [0.4, 0.5) is 11.4 Å². The zero-order chi connectivity index (χ0) is 25.0. The van der Waals surface area contributed by atoms with E-state index >= 15 is 0 Å². The predicted molar refractivity (Wildman–Crippen MR) is 139 cm³/mol. The first kappa shape index (κ1) is 25.3. The maximum absolute atomic E-state index is 13.4. The number of benzene rings is 3. The van der Waals surface area contributed by atoms with Gasteiger partial charge in [0.15, 0.2) is 0 Å². The summed E-state index contributed by atoms with van der Waals surface area (Å²) in [5.74, 6) is -0.0364. The molecule has 0 unspecified atom stereocenters. The normalized spacial score (nSPS) is 14.5. The Hall–Kier alpha value is -2.78. The molecule has 10 heteroatoms. The first-order valence-corrected chi connectivity index (χ1v) is 13.3. The number of hydrogen-bond donors (Lipinski definition) is 1. The highest BCUT2D eigenvalue weighted by Gasteiger charge is 2.29. The molecule has 7 nitrogen and oxygen atoms in total. The molecule has 0 radical (unpaired) electrons. The van der Waals surface area contributed by atoms with E-state index in [-0.39, 0.29) is 10.6 Å². The summed E-state index contributed by atoms with van der Waals surface area (Å²) in [6, 6.07) is 18.5. The van der Waals surface area contributed by atoms with Crippen molar-refractivity contribution >= 4 is 50.5 Å². The summed E-state index contributed by atoms with van der Waals surface area (Å²) < 4.78 is 33.9. The molecule has 184 valence electrons. The number of carbonyl (C=O) groups excluding carboxylic acids is 1. The third kappa shape index (κ3) is 5.90. The van der Waals surface area contributed by atoms with E-state index in [1.807, 2.05) is 25.1 Å². The molecule has 0 bridgehead atoms. The largest absolute Gasteiger partial charge is 0.492 e. The van der Waals surface area contributed by atoms with Gasteiger partial charge >= 0.3 is 0 Å². The van der Waals surface area contributed by atoms with Crippen molar-refractivity contribution in [1.82, 2.24) is 4.31 Å². The summed E-state index contributed by atoms with van der Waals surface area (Å²) in [5.41, 5.74) is 1.59. The van der Waals surface area contributed by atoms with Crippen LogP contribution in [0.25, 0.3) is 0 Å². The Balaban J connectivity index is 1.54. The zero-order valence-electron chi connectivity index (χ0n) is 19.1. The van der Waals surface area contributed by atoms with E-state index < -0.39 is 15.9 Å². The highest BCUT2D eigenvalue weighted by Crippen LogP contribution is 2.31. The Morgan fingerprint density at radius 2 is 1.63 bits per heavy atom. The van der Waals surface area contributed by atoms with Gasteiger partial charge in [0, 0.05) is 47.5 Å². The quantitative estimate of drug-likeness (QED) is 0.454. The van der Waals surface area contributed by atoms with Crippen LogP contribution in [0, 0.1) is 0 Å². The van der Waals surface area contributed by atoms with Crippen LogP contribution in [0.1, 0.15) is 17.3 Å². The Morgan fingerprint density at radius 1 is 0.943 bits per heavy atom. The van der Waals surface area contributed by atoms with Gasteiger partial charge in [-0.2, -0.15) is 4.31 Å². The number of nitrogens with zero attached hydrogens (tertiary/aromatic N) is 2. The van der Waals surface area contributed by atoms with Gasteiger partial charge in [-0.1, -0.05) is 35.3 Å². The van der Waals surface area contributed by atoms with Crippen molar-refractivity contribution in [2.75, 3.05) is 43.0 Å². The SMILES string of the molecule is CCOc1ccc(S(=O)(=O)N2CCN(c3cccc(Cl)c3)CC2)cc1NC(=O)c1cccc(Cl)c1. The third-order valence-corrected chi connectivity index (χ3v) is 8.00. The molecular weight excluding hydrogens is 509 g/mol. The van der Waals surface area contributed by atoms with Crippen molar-refractivity contribution < 1.29 is 17.9 Å². The number of nitrogens with one attached hydrogen (secondary N) is 1. The molecule has 1 aliphatic rings. The number of sulfonamides is 1. The fraction of sp³-hybridized carbons (Fsp3) is 0.240.